The highest BCUT2D eigenvalue weighted by Crippen LogP contribution is 2.29. The molecule has 0 unspecified atom stereocenters. The summed E-state index contributed by atoms with van der Waals surface area (Å²) in [6.45, 7) is 2.50. The van der Waals surface area contributed by atoms with E-state index in [9.17, 15) is 5.11 Å². The van der Waals surface area contributed by atoms with E-state index in [4.69, 9.17) is 4.42 Å². The van der Waals surface area contributed by atoms with Gasteiger partial charge in [-0.25, -0.2) is 0 Å². The zero-order valence-electron chi connectivity index (χ0n) is 8.99. The molecule has 0 aromatic carbocycles. The van der Waals surface area contributed by atoms with E-state index in [0.717, 1.165) is 12.8 Å². The summed E-state index contributed by atoms with van der Waals surface area (Å²) in [4.78, 5) is 0. The number of hydrogen-bond acceptors (Lipinski definition) is 5. The van der Waals surface area contributed by atoms with Gasteiger partial charge in [-0.05, 0) is 12.8 Å². The minimum absolute atomic E-state index is 0.123. The van der Waals surface area contributed by atoms with Crippen molar-refractivity contribution in [3.05, 3.63) is 11.8 Å². The molecule has 0 radical (unpaired) electrons. The van der Waals surface area contributed by atoms with Crippen molar-refractivity contribution in [3.63, 3.8) is 0 Å². The molecule has 1 fully saturated rings. The highest BCUT2D eigenvalue weighted by Gasteiger charge is 2.32. The summed E-state index contributed by atoms with van der Waals surface area (Å²) in [5.41, 5.74) is -0.123. The Morgan fingerprint density at radius 3 is 2.67 bits per heavy atom. The Kier molecular flexibility index (Phi) is 3.02. The molecular formula is C10H17N3O2. The predicted octanol–water partition coefficient (Wildman–Crippen LogP) is 0.773. The van der Waals surface area contributed by atoms with Crippen molar-refractivity contribution in [1.29, 1.82) is 0 Å². The Balaban J connectivity index is 1.91. The molecule has 0 spiro atoms. The van der Waals surface area contributed by atoms with Crippen LogP contribution < -0.4 is 5.32 Å². The second kappa shape index (κ2) is 4.28. The maximum atomic E-state index is 9.37. The maximum absolute atomic E-state index is 9.37. The monoisotopic (exact) mass is 211 g/mol. The van der Waals surface area contributed by atoms with Crippen molar-refractivity contribution in [2.45, 2.75) is 44.7 Å². The number of rotatable bonds is 4. The quantitative estimate of drug-likeness (QED) is 0.769. The van der Waals surface area contributed by atoms with E-state index in [2.05, 4.69) is 15.5 Å². The van der Waals surface area contributed by atoms with Crippen LogP contribution in [0.25, 0.3) is 0 Å². The summed E-state index contributed by atoms with van der Waals surface area (Å²) in [5, 5.41) is 20.4. The van der Waals surface area contributed by atoms with Gasteiger partial charge in [0.15, 0.2) is 0 Å². The third kappa shape index (κ3) is 2.35. The van der Waals surface area contributed by atoms with Gasteiger partial charge >= 0.3 is 0 Å². The lowest BCUT2D eigenvalue weighted by Gasteiger charge is -2.27. The first-order chi connectivity index (χ1) is 7.24. The minimum Gasteiger partial charge on any atom is -0.424 e. The van der Waals surface area contributed by atoms with Gasteiger partial charge in [-0.1, -0.05) is 12.8 Å². The molecule has 1 aliphatic carbocycles. The van der Waals surface area contributed by atoms with Crippen molar-refractivity contribution in [1.82, 2.24) is 15.5 Å². The third-order valence-corrected chi connectivity index (χ3v) is 3.05. The van der Waals surface area contributed by atoms with E-state index < -0.39 is 0 Å². The molecule has 0 amide bonds. The standard InChI is InChI=1S/C10H17N3O2/c1-8-12-13-9(15-8)6-11-10(7-14)4-2-3-5-10/h11,14H,2-7H2,1H3. The molecule has 1 saturated carbocycles. The van der Waals surface area contributed by atoms with Crippen molar-refractivity contribution >= 4 is 0 Å². The van der Waals surface area contributed by atoms with Crippen LogP contribution in [0.4, 0.5) is 0 Å². The van der Waals surface area contributed by atoms with Crippen LogP contribution >= 0.6 is 0 Å². The molecule has 84 valence electrons. The fourth-order valence-corrected chi connectivity index (χ4v) is 2.11. The van der Waals surface area contributed by atoms with E-state index >= 15 is 0 Å². The summed E-state index contributed by atoms with van der Waals surface area (Å²) in [5.74, 6) is 1.17. The van der Waals surface area contributed by atoms with Gasteiger partial charge in [-0.2, -0.15) is 0 Å². The molecule has 1 heterocycles. The van der Waals surface area contributed by atoms with E-state index in [1.54, 1.807) is 6.92 Å². The molecule has 1 aliphatic rings. The Morgan fingerprint density at radius 1 is 1.40 bits per heavy atom. The molecule has 1 aromatic heterocycles. The second-order valence-electron chi connectivity index (χ2n) is 4.21. The van der Waals surface area contributed by atoms with Gasteiger partial charge in [0.25, 0.3) is 0 Å². The summed E-state index contributed by atoms with van der Waals surface area (Å²) < 4.78 is 5.27. The lowest BCUT2D eigenvalue weighted by atomic mass is 9.99. The summed E-state index contributed by atoms with van der Waals surface area (Å²) in [6, 6.07) is 0. The molecule has 15 heavy (non-hydrogen) atoms. The van der Waals surface area contributed by atoms with Gasteiger partial charge in [-0.3, -0.25) is 0 Å². The number of aryl methyl sites for hydroxylation is 1. The van der Waals surface area contributed by atoms with Crippen molar-refractivity contribution in [3.8, 4) is 0 Å². The van der Waals surface area contributed by atoms with Crippen LogP contribution in [0.2, 0.25) is 0 Å². The molecule has 2 N–H and O–H groups in total. The fraction of sp³-hybridized carbons (Fsp3) is 0.800. The topological polar surface area (TPSA) is 71.2 Å². The third-order valence-electron chi connectivity index (χ3n) is 3.05. The average molecular weight is 211 g/mol. The van der Waals surface area contributed by atoms with E-state index in [0.29, 0.717) is 18.3 Å². The van der Waals surface area contributed by atoms with Crippen molar-refractivity contribution in [2.75, 3.05) is 6.61 Å². The van der Waals surface area contributed by atoms with Gasteiger partial charge < -0.3 is 14.8 Å². The van der Waals surface area contributed by atoms with E-state index in [-0.39, 0.29) is 12.1 Å². The van der Waals surface area contributed by atoms with Gasteiger partial charge in [0, 0.05) is 12.5 Å². The summed E-state index contributed by atoms with van der Waals surface area (Å²) in [7, 11) is 0. The minimum atomic E-state index is -0.123. The van der Waals surface area contributed by atoms with E-state index in [1.165, 1.54) is 12.8 Å². The lowest BCUT2D eigenvalue weighted by Crippen LogP contribution is -2.45. The molecule has 0 aliphatic heterocycles. The van der Waals surface area contributed by atoms with Crippen molar-refractivity contribution < 1.29 is 9.52 Å². The number of nitrogens with zero attached hydrogens (tertiary/aromatic N) is 2. The zero-order valence-corrected chi connectivity index (χ0v) is 8.99. The SMILES string of the molecule is Cc1nnc(CNC2(CO)CCCC2)o1. The first-order valence-corrected chi connectivity index (χ1v) is 5.39. The number of aliphatic hydroxyl groups excluding tert-OH is 1. The first kappa shape index (κ1) is 10.6. The van der Waals surface area contributed by atoms with Crippen LogP contribution in [-0.4, -0.2) is 27.4 Å². The van der Waals surface area contributed by atoms with Crippen LogP contribution in [0.15, 0.2) is 4.42 Å². The largest absolute Gasteiger partial charge is 0.424 e. The Bertz CT molecular complexity index is 318. The Hall–Kier alpha value is -0.940. The average Bonchev–Trinajstić information content (AvgIpc) is 2.85. The first-order valence-electron chi connectivity index (χ1n) is 5.39. The maximum Gasteiger partial charge on any atom is 0.230 e. The zero-order chi connectivity index (χ0) is 10.7. The van der Waals surface area contributed by atoms with Crippen LogP contribution in [0.3, 0.4) is 0 Å². The normalized spacial score (nSPS) is 19.6. The molecule has 5 heteroatoms. The molecule has 0 saturated heterocycles. The van der Waals surface area contributed by atoms with Gasteiger partial charge in [0.05, 0.1) is 13.2 Å². The summed E-state index contributed by atoms with van der Waals surface area (Å²) in [6.07, 6.45) is 4.40. The van der Waals surface area contributed by atoms with Crippen LogP contribution in [0, 0.1) is 6.92 Å². The number of aromatic nitrogens is 2. The Labute approximate surface area is 88.9 Å². The Morgan fingerprint density at radius 2 is 2.13 bits per heavy atom. The van der Waals surface area contributed by atoms with Crippen molar-refractivity contribution in [2.24, 2.45) is 0 Å². The fourth-order valence-electron chi connectivity index (χ4n) is 2.11. The highest BCUT2D eigenvalue weighted by atomic mass is 16.4. The summed E-state index contributed by atoms with van der Waals surface area (Å²) >= 11 is 0. The lowest BCUT2D eigenvalue weighted by molar-refractivity contribution is 0.159. The predicted molar refractivity (Wildman–Crippen MR) is 54.2 cm³/mol. The molecule has 0 atom stereocenters. The van der Waals surface area contributed by atoms with Gasteiger partial charge in [0.2, 0.25) is 11.8 Å². The van der Waals surface area contributed by atoms with E-state index in [1.807, 2.05) is 0 Å². The van der Waals surface area contributed by atoms with Gasteiger partial charge in [-0.15, -0.1) is 10.2 Å². The molecule has 1 aromatic rings. The smallest absolute Gasteiger partial charge is 0.230 e. The molecule has 5 nitrogen and oxygen atoms in total. The van der Waals surface area contributed by atoms with Crippen LogP contribution in [0.1, 0.15) is 37.5 Å². The molecular weight excluding hydrogens is 194 g/mol. The molecule has 2 rings (SSSR count). The van der Waals surface area contributed by atoms with Crippen LogP contribution in [0.5, 0.6) is 0 Å². The van der Waals surface area contributed by atoms with Crippen LogP contribution in [-0.2, 0) is 6.54 Å². The molecule has 0 bridgehead atoms. The number of aliphatic hydroxyl groups is 1. The van der Waals surface area contributed by atoms with Gasteiger partial charge in [0.1, 0.15) is 0 Å². The number of hydrogen-bond donors (Lipinski definition) is 2. The number of nitrogens with one attached hydrogen (secondary N) is 1. The highest BCUT2D eigenvalue weighted by molar-refractivity contribution is 4.93. The second-order valence-corrected chi connectivity index (χ2v) is 4.21.